The van der Waals surface area contributed by atoms with E-state index in [1.54, 1.807) is 7.11 Å². The molecule has 0 aliphatic carbocycles. The monoisotopic (exact) mass is 359 g/mol. The fourth-order valence-electron chi connectivity index (χ4n) is 2.94. The van der Waals surface area contributed by atoms with E-state index in [1.807, 2.05) is 12.1 Å². The zero-order valence-corrected chi connectivity index (χ0v) is 16.4. The highest BCUT2D eigenvalue weighted by molar-refractivity contribution is 5.79. The normalized spacial score (nSPS) is 16.0. The molecule has 0 saturated carbocycles. The molecule has 1 aliphatic rings. The number of nitrogens with one attached hydrogen (secondary N) is 2. The van der Waals surface area contributed by atoms with Crippen molar-refractivity contribution in [2.45, 2.75) is 39.0 Å². The Labute approximate surface area is 157 Å². The number of aliphatic imine (C=N–C) groups is 1. The average molecular weight is 360 g/mol. The first kappa shape index (κ1) is 20.3. The van der Waals surface area contributed by atoms with Crippen LogP contribution in [0.2, 0.25) is 0 Å². The second-order valence-corrected chi connectivity index (χ2v) is 6.59. The molecule has 1 atom stereocenters. The lowest BCUT2D eigenvalue weighted by molar-refractivity contribution is 0.153. The standard InChI is InChI=1S/C21H33N3O2/c1-4-22-21(24-14-10-18-11-15-26-16-12-18)23-13-9-17(2)19-5-7-20(25-3)8-6-19/h5-8,11,17H,4,9-10,12-16H2,1-3H3,(H2,22,23,24). The highest BCUT2D eigenvalue weighted by Crippen LogP contribution is 2.21. The first-order valence-corrected chi connectivity index (χ1v) is 9.64. The van der Waals surface area contributed by atoms with Crippen molar-refractivity contribution >= 4 is 5.96 Å². The van der Waals surface area contributed by atoms with Gasteiger partial charge in [0.25, 0.3) is 0 Å². The van der Waals surface area contributed by atoms with Crippen LogP contribution in [0, 0.1) is 0 Å². The van der Waals surface area contributed by atoms with Crippen LogP contribution in [0.5, 0.6) is 5.75 Å². The van der Waals surface area contributed by atoms with Gasteiger partial charge in [0, 0.05) is 19.6 Å². The maximum atomic E-state index is 5.35. The summed E-state index contributed by atoms with van der Waals surface area (Å²) < 4.78 is 10.6. The quantitative estimate of drug-likeness (QED) is 0.403. The first-order valence-electron chi connectivity index (χ1n) is 9.64. The molecule has 0 aromatic heterocycles. The summed E-state index contributed by atoms with van der Waals surface area (Å²) in [5, 5.41) is 6.76. The van der Waals surface area contributed by atoms with Crippen molar-refractivity contribution in [1.82, 2.24) is 10.6 Å². The van der Waals surface area contributed by atoms with Gasteiger partial charge in [0.1, 0.15) is 5.75 Å². The van der Waals surface area contributed by atoms with Crippen LogP contribution in [0.15, 0.2) is 40.9 Å². The van der Waals surface area contributed by atoms with Gasteiger partial charge in [-0.2, -0.15) is 0 Å². The molecule has 0 amide bonds. The van der Waals surface area contributed by atoms with Gasteiger partial charge in [-0.15, -0.1) is 0 Å². The van der Waals surface area contributed by atoms with Gasteiger partial charge in [-0.25, -0.2) is 0 Å². The predicted molar refractivity (Wildman–Crippen MR) is 108 cm³/mol. The Hall–Kier alpha value is -2.01. The number of hydrogen-bond acceptors (Lipinski definition) is 3. The van der Waals surface area contributed by atoms with Gasteiger partial charge in [0.15, 0.2) is 5.96 Å². The maximum Gasteiger partial charge on any atom is 0.191 e. The molecule has 2 N–H and O–H groups in total. The summed E-state index contributed by atoms with van der Waals surface area (Å²) in [6.07, 6.45) is 5.32. The van der Waals surface area contributed by atoms with Crippen LogP contribution in [0.3, 0.4) is 0 Å². The second kappa shape index (κ2) is 11.6. The molecule has 5 nitrogen and oxygen atoms in total. The molecule has 1 aromatic rings. The van der Waals surface area contributed by atoms with Gasteiger partial charge < -0.3 is 20.1 Å². The summed E-state index contributed by atoms with van der Waals surface area (Å²) in [4.78, 5) is 4.72. The minimum atomic E-state index is 0.472. The third-order valence-corrected chi connectivity index (χ3v) is 4.66. The van der Waals surface area contributed by atoms with Gasteiger partial charge in [-0.1, -0.05) is 30.7 Å². The molecule has 0 radical (unpaired) electrons. The Morgan fingerprint density at radius 3 is 2.73 bits per heavy atom. The Bertz CT molecular complexity index is 581. The second-order valence-electron chi connectivity index (χ2n) is 6.59. The lowest BCUT2D eigenvalue weighted by atomic mass is 9.98. The Morgan fingerprint density at radius 2 is 2.08 bits per heavy atom. The zero-order valence-electron chi connectivity index (χ0n) is 16.4. The van der Waals surface area contributed by atoms with Crippen LogP contribution in [-0.2, 0) is 4.74 Å². The Kier molecular flexibility index (Phi) is 9.04. The summed E-state index contributed by atoms with van der Waals surface area (Å²) in [5.74, 6) is 2.28. The number of hydrogen-bond donors (Lipinski definition) is 2. The molecule has 1 unspecified atom stereocenters. The van der Waals surface area contributed by atoms with Gasteiger partial charge in [-0.05, 0) is 49.8 Å². The van der Waals surface area contributed by atoms with Crippen LogP contribution < -0.4 is 15.4 Å². The van der Waals surface area contributed by atoms with Crippen molar-refractivity contribution in [3.63, 3.8) is 0 Å². The van der Waals surface area contributed by atoms with Crippen molar-refractivity contribution in [3.8, 4) is 5.75 Å². The molecular formula is C21H33N3O2. The van der Waals surface area contributed by atoms with E-state index >= 15 is 0 Å². The van der Waals surface area contributed by atoms with Crippen molar-refractivity contribution < 1.29 is 9.47 Å². The van der Waals surface area contributed by atoms with Crippen LogP contribution in [-0.4, -0.2) is 45.9 Å². The average Bonchev–Trinajstić information content (AvgIpc) is 2.69. The molecule has 1 aromatic carbocycles. The number of methoxy groups -OCH3 is 1. The molecule has 1 aliphatic heterocycles. The lowest BCUT2D eigenvalue weighted by Gasteiger charge is -2.16. The summed E-state index contributed by atoms with van der Waals surface area (Å²) in [6.45, 7) is 8.53. The van der Waals surface area contributed by atoms with E-state index in [1.165, 1.54) is 11.1 Å². The van der Waals surface area contributed by atoms with Crippen molar-refractivity contribution in [2.75, 3.05) is 40.0 Å². The summed E-state index contributed by atoms with van der Waals surface area (Å²) in [6, 6.07) is 8.31. The molecule has 0 fully saturated rings. The SMILES string of the molecule is CCNC(=NCCC(C)c1ccc(OC)cc1)NCCC1=CCOCC1. The molecule has 2 rings (SSSR count). The predicted octanol–water partition coefficient (Wildman–Crippen LogP) is 3.48. The van der Waals surface area contributed by atoms with E-state index in [0.29, 0.717) is 5.92 Å². The number of rotatable bonds is 9. The van der Waals surface area contributed by atoms with Gasteiger partial charge in [0.2, 0.25) is 0 Å². The van der Waals surface area contributed by atoms with E-state index in [4.69, 9.17) is 14.5 Å². The number of benzene rings is 1. The minimum absolute atomic E-state index is 0.472. The van der Waals surface area contributed by atoms with Crippen molar-refractivity contribution in [2.24, 2.45) is 4.99 Å². The molecule has 0 spiro atoms. The first-order chi connectivity index (χ1) is 12.7. The highest BCUT2D eigenvalue weighted by Gasteiger charge is 2.07. The molecule has 0 bridgehead atoms. The summed E-state index contributed by atoms with van der Waals surface area (Å²) in [7, 11) is 1.70. The fraction of sp³-hybridized carbons (Fsp3) is 0.571. The maximum absolute atomic E-state index is 5.35. The topological polar surface area (TPSA) is 54.9 Å². The fourth-order valence-corrected chi connectivity index (χ4v) is 2.94. The molecule has 1 heterocycles. The molecule has 144 valence electrons. The van der Waals surface area contributed by atoms with E-state index in [9.17, 15) is 0 Å². The lowest BCUT2D eigenvalue weighted by Crippen LogP contribution is -2.38. The van der Waals surface area contributed by atoms with Gasteiger partial charge in [-0.3, -0.25) is 4.99 Å². The molecular weight excluding hydrogens is 326 g/mol. The van der Waals surface area contributed by atoms with E-state index in [0.717, 1.165) is 63.8 Å². The number of guanidine groups is 1. The molecule has 5 heteroatoms. The third kappa shape index (κ3) is 7.08. The Balaban J connectivity index is 1.76. The highest BCUT2D eigenvalue weighted by atomic mass is 16.5. The van der Waals surface area contributed by atoms with Crippen LogP contribution in [0.4, 0.5) is 0 Å². The summed E-state index contributed by atoms with van der Waals surface area (Å²) >= 11 is 0. The Morgan fingerprint density at radius 1 is 1.27 bits per heavy atom. The number of ether oxygens (including phenoxy) is 2. The van der Waals surface area contributed by atoms with Crippen LogP contribution in [0.25, 0.3) is 0 Å². The van der Waals surface area contributed by atoms with Gasteiger partial charge >= 0.3 is 0 Å². The largest absolute Gasteiger partial charge is 0.497 e. The van der Waals surface area contributed by atoms with Crippen molar-refractivity contribution in [3.05, 3.63) is 41.5 Å². The van der Waals surface area contributed by atoms with E-state index in [-0.39, 0.29) is 0 Å². The summed E-state index contributed by atoms with van der Waals surface area (Å²) in [5.41, 5.74) is 2.80. The smallest absolute Gasteiger partial charge is 0.191 e. The van der Waals surface area contributed by atoms with Gasteiger partial charge in [0.05, 0.1) is 20.3 Å². The zero-order chi connectivity index (χ0) is 18.6. The van der Waals surface area contributed by atoms with E-state index in [2.05, 4.69) is 42.7 Å². The number of nitrogens with zero attached hydrogens (tertiary/aromatic N) is 1. The van der Waals surface area contributed by atoms with Crippen LogP contribution in [0.1, 0.15) is 44.6 Å². The third-order valence-electron chi connectivity index (χ3n) is 4.66. The minimum Gasteiger partial charge on any atom is -0.497 e. The van der Waals surface area contributed by atoms with Crippen molar-refractivity contribution in [1.29, 1.82) is 0 Å². The molecule has 26 heavy (non-hydrogen) atoms. The molecule has 0 saturated heterocycles. The van der Waals surface area contributed by atoms with E-state index < -0.39 is 0 Å². The van der Waals surface area contributed by atoms with Crippen LogP contribution >= 0.6 is 0 Å².